The van der Waals surface area contributed by atoms with Crippen LogP contribution in [0.25, 0.3) is 6.08 Å². The number of hydrogen-bond donors (Lipinski definition) is 0. The zero-order valence-electron chi connectivity index (χ0n) is 13.1. The Hall–Kier alpha value is -3.28. The molecule has 0 fully saturated rings. The van der Waals surface area contributed by atoms with E-state index in [1.165, 1.54) is 6.07 Å². The average molecular weight is 322 g/mol. The maximum absolute atomic E-state index is 12.0. The average Bonchev–Trinajstić information content (AvgIpc) is 2.90. The highest BCUT2D eigenvalue weighted by atomic mass is 16.6. The minimum atomic E-state index is -0.573. The van der Waals surface area contributed by atoms with Gasteiger partial charge in [0.15, 0.2) is 5.70 Å². The summed E-state index contributed by atoms with van der Waals surface area (Å²) in [5.41, 5.74) is 2.91. The molecule has 0 N–H and O–H groups in total. The van der Waals surface area contributed by atoms with Crippen LogP contribution in [0, 0.1) is 24.0 Å². The van der Waals surface area contributed by atoms with Gasteiger partial charge in [0.25, 0.3) is 5.69 Å². The molecule has 0 spiro atoms. The fourth-order valence-electron chi connectivity index (χ4n) is 2.40. The van der Waals surface area contributed by atoms with Gasteiger partial charge in [-0.05, 0) is 31.6 Å². The number of carbonyl (C=O) groups excluding carboxylic acids is 1. The van der Waals surface area contributed by atoms with Gasteiger partial charge in [-0.25, -0.2) is 9.79 Å². The molecule has 1 heterocycles. The van der Waals surface area contributed by atoms with E-state index >= 15 is 0 Å². The van der Waals surface area contributed by atoms with Crippen molar-refractivity contribution >= 4 is 23.6 Å². The molecule has 24 heavy (non-hydrogen) atoms. The molecule has 6 heteroatoms. The van der Waals surface area contributed by atoms with E-state index in [0.29, 0.717) is 11.1 Å². The van der Waals surface area contributed by atoms with Gasteiger partial charge in [0.05, 0.1) is 4.92 Å². The van der Waals surface area contributed by atoms with Gasteiger partial charge in [-0.2, -0.15) is 0 Å². The molecule has 0 saturated carbocycles. The molecule has 0 bridgehead atoms. The number of aryl methyl sites for hydroxylation is 1. The molecule has 0 aromatic heterocycles. The number of esters is 1. The summed E-state index contributed by atoms with van der Waals surface area (Å²) in [5.74, 6) is -0.490. The summed E-state index contributed by atoms with van der Waals surface area (Å²) < 4.78 is 5.19. The van der Waals surface area contributed by atoms with Crippen molar-refractivity contribution in [3.63, 3.8) is 0 Å². The van der Waals surface area contributed by atoms with Crippen molar-refractivity contribution in [1.82, 2.24) is 0 Å². The first-order valence-corrected chi connectivity index (χ1v) is 7.29. The summed E-state index contributed by atoms with van der Waals surface area (Å²) in [4.78, 5) is 26.8. The molecular formula is C18H14N2O4. The van der Waals surface area contributed by atoms with Crippen molar-refractivity contribution in [2.75, 3.05) is 0 Å². The van der Waals surface area contributed by atoms with Crippen molar-refractivity contribution < 1.29 is 14.5 Å². The fraction of sp³-hybridized carbons (Fsp3) is 0.111. The lowest BCUT2D eigenvalue weighted by molar-refractivity contribution is -0.385. The lowest BCUT2D eigenvalue weighted by Crippen LogP contribution is -2.08. The molecule has 2 aromatic carbocycles. The number of nitro groups is 1. The minimum Gasteiger partial charge on any atom is -0.402 e. The van der Waals surface area contributed by atoms with E-state index in [9.17, 15) is 14.9 Å². The molecule has 3 rings (SSSR count). The lowest BCUT2D eigenvalue weighted by Gasteiger charge is -2.04. The molecule has 2 aromatic rings. The first kappa shape index (κ1) is 15.6. The SMILES string of the molecule is Cc1ccc(/C=C2/N=C(c3cccc([N+](=O)[O-])c3C)OC2=O)cc1. The third-order valence-electron chi connectivity index (χ3n) is 3.73. The number of nitrogens with zero attached hydrogens (tertiary/aromatic N) is 2. The largest absolute Gasteiger partial charge is 0.402 e. The fourth-order valence-corrected chi connectivity index (χ4v) is 2.40. The number of nitro benzene ring substituents is 1. The highest BCUT2D eigenvalue weighted by Crippen LogP contribution is 2.26. The number of ether oxygens (including phenoxy) is 1. The summed E-state index contributed by atoms with van der Waals surface area (Å²) in [6, 6.07) is 12.2. The van der Waals surface area contributed by atoms with Gasteiger partial charge in [0.1, 0.15) is 0 Å². The topological polar surface area (TPSA) is 81.8 Å². The molecule has 0 aliphatic carbocycles. The maximum atomic E-state index is 12.0. The normalized spacial score (nSPS) is 15.3. The van der Waals surface area contributed by atoms with E-state index in [-0.39, 0.29) is 17.3 Å². The maximum Gasteiger partial charge on any atom is 0.363 e. The monoisotopic (exact) mass is 322 g/mol. The summed E-state index contributed by atoms with van der Waals surface area (Å²) in [5, 5.41) is 11.0. The van der Waals surface area contributed by atoms with E-state index in [2.05, 4.69) is 4.99 Å². The van der Waals surface area contributed by atoms with Gasteiger partial charge < -0.3 is 4.74 Å². The van der Waals surface area contributed by atoms with Crippen LogP contribution in [0.5, 0.6) is 0 Å². The third-order valence-corrected chi connectivity index (χ3v) is 3.73. The Morgan fingerprint density at radius 2 is 1.83 bits per heavy atom. The highest BCUT2D eigenvalue weighted by Gasteiger charge is 2.27. The van der Waals surface area contributed by atoms with E-state index in [4.69, 9.17) is 4.74 Å². The number of benzene rings is 2. The second-order valence-electron chi connectivity index (χ2n) is 5.45. The molecule has 6 nitrogen and oxygen atoms in total. The summed E-state index contributed by atoms with van der Waals surface area (Å²) in [6.07, 6.45) is 1.63. The summed E-state index contributed by atoms with van der Waals surface area (Å²) >= 11 is 0. The zero-order valence-corrected chi connectivity index (χ0v) is 13.1. The molecule has 0 unspecified atom stereocenters. The Morgan fingerprint density at radius 3 is 2.50 bits per heavy atom. The predicted octanol–water partition coefficient (Wildman–Crippen LogP) is 3.56. The standard InChI is InChI=1S/C18H14N2O4/c1-11-6-8-13(9-7-11)10-15-18(21)24-17(19-15)14-4-3-5-16(12(14)2)20(22)23/h3-10H,1-2H3/b15-10+. The number of cyclic esters (lactones) is 1. The predicted molar refractivity (Wildman–Crippen MR) is 89.6 cm³/mol. The van der Waals surface area contributed by atoms with Crippen LogP contribution in [0.3, 0.4) is 0 Å². The van der Waals surface area contributed by atoms with Crippen LogP contribution in [-0.2, 0) is 9.53 Å². The molecule has 1 aliphatic heterocycles. The number of hydrogen-bond acceptors (Lipinski definition) is 5. The lowest BCUT2D eigenvalue weighted by atomic mass is 10.1. The Labute approximate surface area is 138 Å². The van der Waals surface area contributed by atoms with Crippen LogP contribution >= 0.6 is 0 Å². The molecule has 1 aliphatic rings. The summed E-state index contributed by atoms with van der Waals surface area (Å²) in [6.45, 7) is 3.58. The van der Waals surface area contributed by atoms with Gasteiger partial charge in [-0.3, -0.25) is 10.1 Å². The highest BCUT2D eigenvalue weighted by molar-refractivity contribution is 6.13. The van der Waals surface area contributed by atoms with Crippen LogP contribution in [0.15, 0.2) is 53.2 Å². The van der Waals surface area contributed by atoms with Crippen molar-refractivity contribution in [3.05, 3.63) is 80.5 Å². The molecule has 0 saturated heterocycles. The Bertz CT molecular complexity index is 896. The molecule has 120 valence electrons. The van der Waals surface area contributed by atoms with Gasteiger partial charge in [-0.15, -0.1) is 0 Å². The second-order valence-corrected chi connectivity index (χ2v) is 5.45. The van der Waals surface area contributed by atoms with E-state index in [1.807, 2.05) is 31.2 Å². The first-order chi connectivity index (χ1) is 11.5. The second kappa shape index (κ2) is 6.08. The molecule has 0 atom stereocenters. The van der Waals surface area contributed by atoms with Crippen molar-refractivity contribution in [1.29, 1.82) is 0 Å². The molecule has 0 amide bonds. The minimum absolute atomic E-state index is 0.0396. The van der Waals surface area contributed by atoms with Crippen LogP contribution in [0.1, 0.15) is 22.3 Å². The first-order valence-electron chi connectivity index (χ1n) is 7.29. The van der Waals surface area contributed by atoms with Crippen molar-refractivity contribution in [2.24, 2.45) is 4.99 Å². The van der Waals surface area contributed by atoms with Crippen molar-refractivity contribution in [2.45, 2.75) is 13.8 Å². The number of rotatable bonds is 3. The van der Waals surface area contributed by atoms with Gasteiger partial charge in [0, 0.05) is 17.2 Å². The molecule has 0 radical (unpaired) electrons. The van der Waals surface area contributed by atoms with E-state index in [0.717, 1.165) is 11.1 Å². The van der Waals surface area contributed by atoms with E-state index < -0.39 is 10.9 Å². The number of aliphatic imine (C=N–C) groups is 1. The Balaban J connectivity index is 1.99. The molecular weight excluding hydrogens is 308 g/mol. The van der Waals surface area contributed by atoms with Gasteiger partial charge in [0.2, 0.25) is 5.90 Å². The Kier molecular flexibility index (Phi) is 3.95. The number of carbonyl (C=O) groups is 1. The van der Waals surface area contributed by atoms with Crippen molar-refractivity contribution in [3.8, 4) is 0 Å². The van der Waals surface area contributed by atoms with E-state index in [1.54, 1.807) is 25.1 Å². The van der Waals surface area contributed by atoms with Gasteiger partial charge >= 0.3 is 5.97 Å². The Morgan fingerprint density at radius 1 is 1.12 bits per heavy atom. The third kappa shape index (κ3) is 2.94. The van der Waals surface area contributed by atoms with Crippen LogP contribution in [0.4, 0.5) is 5.69 Å². The quantitative estimate of drug-likeness (QED) is 0.374. The van der Waals surface area contributed by atoms with Crippen LogP contribution < -0.4 is 0 Å². The zero-order chi connectivity index (χ0) is 17.3. The summed E-state index contributed by atoms with van der Waals surface area (Å²) in [7, 11) is 0. The van der Waals surface area contributed by atoms with Gasteiger partial charge in [-0.1, -0.05) is 35.9 Å². The van der Waals surface area contributed by atoms with Crippen LogP contribution in [0.2, 0.25) is 0 Å². The van der Waals surface area contributed by atoms with Crippen LogP contribution in [-0.4, -0.2) is 16.8 Å². The smallest absolute Gasteiger partial charge is 0.363 e.